The van der Waals surface area contributed by atoms with Crippen LogP contribution in [0.5, 0.6) is 0 Å². The van der Waals surface area contributed by atoms with Gasteiger partial charge in [0.05, 0.1) is 19.1 Å². The second-order valence-electron chi connectivity index (χ2n) is 5.23. The molecule has 0 aromatic rings. The lowest BCUT2D eigenvalue weighted by molar-refractivity contribution is 0.0414. The lowest BCUT2D eigenvalue weighted by atomic mass is 10.1. The Balaban J connectivity index is 1.67. The van der Waals surface area contributed by atoms with Gasteiger partial charge in [-0.05, 0) is 19.4 Å². The Morgan fingerprint density at radius 1 is 1.33 bits per heavy atom. The van der Waals surface area contributed by atoms with Crippen molar-refractivity contribution in [2.24, 2.45) is 11.3 Å². The fraction of sp³-hybridized carbons (Fsp3) is 1.00. The van der Waals surface area contributed by atoms with Crippen LogP contribution < -0.4 is 5.32 Å². The summed E-state index contributed by atoms with van der Waals surface area (Å²) in [5, 5.41) is 3.28. The number of hydrogen-bond acceptors (Lipinski definition) is 2. The van der Waals surface area contributed by atoms with Crippen LogP contribution in [0.2, 0.25) is 0 Å². The molecule has 88 valence electrons. The topological polar surface area (TPSA) is 21.3 Å². The highest BCUT2D eigenvalue weighted by molar-refractivity contribution is 5.12. The molecule has 2 nitrogen and oxygen atoms in total. The minimum Gasteiger partial charge on any atom is -0.379 e. The van der Waals surface area contributed by atoms with Crippen molar-refractivity contribution >= 4 is 0 Å². The maximum Gasteiger partial charge on any atom is 0.259 e. The van der Waals surface area contributed by atoms with E-state index in [1.54, 1.807) is 13.8 Å². The first-order chi connectivity index (χ1) is 6.96. The van der Waals surface area contributed by atoms with Gasteiger partial charge in [-0.15, -0.1) is 0 Å². The molecule has 1 N–H and O–H groups in total. The molecule has 4 heteroatoms. The third-order valence-corrected chi connectivity index (χ3v) is 3.85. The Hall–Kier alpha value is -0.220. The Kier molecular flexibility index (Phi) is 2.75. The van der Waals surface area contributed by atoms with Gasteiger partial charge in [-0.25, -0.2) is 8.78 Å². The van der Waals surface area contributed by atoms with Gasteiger partial charge in [-0.3, -0.25) is 0 Å². The van der Waals surface area contributed by atoms with Gasteiger partial charge in [-0.2, -0.15) is 0 Å². The molecule has 0 amide bonds. The summed E-state index contributed by atoms with van der Waals surface area (Å²) in [5.41, 5.74) is -0.865. The summed E-state index contributed by atoms with van der Waals surface area (Å²) >= 11 is 0. The van der Waals surface area contributed by atoms with Crippen LogP contribution >= 0.6 is 0 Å². The van der Waals surface area contributed by atoms with E-state index in [2.05, 4.69) is 5.32 Å². The zero-order valence-corrected chi connectivity index (χ0v) is 9.35. The molecule has 1 saturated heterocycles. The van der Waals surface area contributed by atoms with Crippen LogP contribution in [0.15, 0.2) is 0 Å². The number of hydrogen-bond donors (Lipinski definition) is 1. The molecule has 2 unspecified atom stereocenters. The number of ether oxygens (including phenoxy) is 1. The van der Waals surface area contributed by atoms with Crippen molar-refractivity contribution in [1.82, 2.24) is 5.32 Å². The van der Waals surface area contributed by atoms with Crippen LogP contribution in [0.4, 0.5) is 8.78 Å². The molecule has 1 saturated carbocycles. The summed E-state index contributed by atoms with van der Waals surface area (Å²) in [7, 11) is 0. The van der Waals surface area contributed by atoms with Crippen molar-refractivity contribution in [2.45, 2.75) is 38.7 Å². The van der Waals surface area contributed by atoms with Gasteiger partial charge in [0.2, 0.25) is 0 Å². The van der Waals surface area contributed by atoms with Crippen LogP contribution in [0, 0.1) is 11.3 Å². The highest BCUT2D eigenvalue weighted by Crippen LogP contribution is 2.65. The monoisotopic (exact) mass is 219 g/mol. The molecule has 0 aromatic heterocycles. The van der Waals surface area contributed by atoms with Crippen molar-refractivity contribution in [2.75, 3.05) is 19.8 Å². The lowest BCUT2D eigenvalue weighted by Crippen LogP contribution is -2.27. The molecule has 2 aliphatic rings. The molecule has 2 fully saturated rings. The Labute approximate surface area is 89.4 Å². The average molecular weight is 219 g/mol. The molecule has 1 heterocycles. The van der Waals surface area contributed by atoms with Crippen molar-refractivity contribution in [1.29, 1.82) is 0 Å². The largest absolute Gasteiger partial charge is 0.379 e. The summed E-state index contributed by atoms with van der Waals surface area (Å²) < 4.78 is 31.7. The summed E-state index contributed by atoms with van der Waals surface area (Å²) in [6.45, 7) is 5.00. The Bertz CT molecular complexity index is 223. The van der Waals surface area contributed by atoms with E-state index in [1.807, 2.05) is 0 Å². The molecular weight excluding hydrogens is 200 g/mol. The predicted molar refractivity (Wildman–Crippen MR) is 54.1 cm³/mol. The van der Waals surface area contributed by atoms with Crippen molar-refractivity contribution in [3.8, 4) is 0 Å². The van der Waals surface area contributed by atoms with Gasteiger partial charge in [0, 0.05) is 11.5 Å². The Morgan fingerprint density at radius 3 is 2.47 bits per heavy atom. The quantitative estimate of drug-likeness (QED) is 0.781. The molecule has 15 heavy (non-hydrogen) atoms. The van der Waals surface area contributed by atoms with E-state index < -0.39 is 17.3 Å². The molecule has 0 radical (unpaired) electrons. The molecule has 0 bridgehead atoms. The number of rotatable bonds is 4. The minimum absolute atomic E-state index is 0.193. The maximum absolute atomic E-state index is 13.2. The fourth-order valence-corrected chi connectivity index (χ4v) is 2.30. The van der Waals surface area contributed by atoms with Crippen LogP contribution in [-0.4, -0.2) is 31.7 Å². The van der Waals surface area contributed by atoms with Gasteiger partial charge in [0.25, 0.3) is 5.92 Å². The molecule has 1 aliphatic carbocycles. The number of nitrogens with one attached hydrogen (secondary N) is 1. The van der Waals surface area contributed by atoms with Gasteiger partial charge < -0.3 is 10.1 Å². The van der Waals surface area contributed by atoms with Gasteiger partial charge in [-0.1, -0.05) is 13.8 Å². The van der Waals surface area contributed by atoms with Crippen molar-refractivity contribution in [3.05, 3.63) is 0 Å². The molecular formula is C11H19F2NO. The zero-order chi connectivity index (χ0) is 11.1. The molecule has 0 spiro atoms. The van der Waals surface area contributed by atoms with Gasteiger partial charge in [0.15, 0.2) is 0 Å². The molecule has 2 atom stereocenters. The van der Waals surface area contributed by atoms with E-state index in [9.17, 15) is 8.78 Å². The van der Waals surface area contributed by atoms with E-state index in [4.69, 9.17) is 4.74 Å². The second kappa shape index (κ2) is 3.67. The third-order valence-electron chi connectivity index (χ3n) is 3.85. The van der Waals surface area contributed by atoms with Gasteiger partial charge >= 0.3 is 0 Å². The van der Waals surface area contributed by atoms with E-state index in [-0.39, 0.29) is 6.61 Å². The smallest absolute Gasteiger partial charge is 0.259 e. The molecule has 1 aliphatic heterocycles. The van der Waals surface area contributed by atoms with Crippen LogP contribution in [-0.2, 0) is 4.74 Å². The first-order valence-corrected chi connectivity index (χ1v) is 5.65. The zero-order valence-electron chi connectivity index (χ0n) is 9.35. The molecule has 2 rings (SSSR count). The normalized spacial score (nSPS) is 36.8. The Morgan fingerprint density at radius 2 is 2.00 bits per heavy atom. The third kappa shape index (κ3) is 1.89. The second-order valence-corrected chi connectivity index (χ2v) is 5.23. The number of alkyl halides is 2. The van der Waals surface area contributed by atoms with E-state index >= 15 is 0 Å². The highest BCUT2D eigenvalue weighted by atomic mass is 19.3. The minimum atomic E-state index is -2.53. The van der Waals surface area contributed by atoms with Crippen LogP contribution in [0.3, 0.4) is 0 Å². The summed E-state index contributed by atoms with van der Waals surface area (Å²) in [6, 6.07) is 0.375. The fourth-order valence-electron chi connectivity index (χ4n) is 2.30. The maximum atomic E-state index is 13.2. The lowest BCUT2D eigenvalue weighted by Gasteiger charge is -2.10. The standard InChI is InChI=1S/C11H19F2NO/c1-10(2)9(11(10,12)13)7-15-6-8-4-3-5-14-8/h8-9,14H,3-7H2,1-2H3. The predicted octanol–water partition coefficient (Wildman–Crippen LogP) is 2.05. The number of halogens is 2. The van der Waals surface area contributed by atoms with E-state index in [0.29, 0.717) is 12.6 Å². The summed E-state index contributed by atoms with van der Waals surface area (Å²) in [6.07, 6.45) is 2.27. The average Bonchev–Trinajstić information content (AvgIpc) is 2.62. The van der Waals surface area contributed by atoms with E-state index in [0.717, 1.165) is 13.0 Å². The summed E-state index contributed by atoms with van der Waals surface area (Å²) in [4.78, 5) is 0. The SMILES string of the molecule is CC1(C)C(COCC2CCCN2)C1(F)F. The van der Waals surface area contributed by atoms with Gasteiger partial charge in [0.1, 0.15) is 0 Å². The van der Waals surface area contributed by atoms with Crippen molar-refractivity contribution < 1.29 is 13.5 Å². The first-order valence-electron chi connectivity index (χ1n) is 5.65. The van der Waals surface area contributed by atoms with Crippen LogP contribution in [0.1, 0.15) is 26.7 Å². The molecule has 0 aromatic carbocycles. The van der Waals surface area contributed by atoms with E-state index in [1.165, 1.54) is 6.42 Å². The first kappa shape index (κ1) is 11.3. The highest BCUT2D eigenvalue weighted by Gasteiger charge is 2.74. The van der Waals surface area contributed by atoms with Crippen LogP contribution in [0.25, 0.3) is 0 Å². The summed E-state index contributed by atoms with van der Waals surface area (Å²) in [5.74, 6) is -3.12. The van der Waals surface area contributed by atoms with Crippen molar-refractivity contribution in [3.63, 3.8) is 0 Å².